The van der Waals surface area contributed by atoms with Crippen molar-refractivity contribution in [3.8, 4) is 0 Å². The molecular formula is C14H21N3O3S2. The zero-order valence-electron chi connectivity index (χ0n) is 12.6. The summed E-state index contributed by atoms with van der Waals surface area (Å²) in [5.41, 5.74) is 0. The third kappa shape index (κ3) is 2.80. The number of carbonyl (C=O) groups excluding carboxylic acids is 1. The minimum Gasteiger partial charge on any atom is -0.337 e. The van der Waals surface area contributed by atoms with Crippen molar-refractivity contribution in [3.63, 3.8) is 0 Å². The second-order valence-electron chi connectivity index (χ2n) is 5.79. The molecule has 0 saturated carbocycles. The zero-order chi connectivity index (χ0) is 15.7. The molecule has 0 aliphatic carbocycles. The molecule has 1 unspecified atom stereocenters. The first-order valence-electron chi connectivity index (χ1n) is 7.57. The highest BCUT2D eigenvalue weighted by Crippen LogP contribution is 2.29. The summed E-state index contributed by atoms with van der Waals surface area (Å²) in [5, 5.41) is 4.92. The predicted molar refractivity (Wildman–Crippen MR) is 85.7 cm³/mol. The number of hydrogen-bond donors (Lipinski definition) is 1. The second-order valence-corrected chi connectivity index (χ2v) is 8.61. The van der Waals surface area contributed by atoms with E-state index >= 15 is 0 Å². The van der Waals surface area contributed by atoms with Crippen LogP contribution in [0.25, 0.3) is 0 Å². The van der Waals surface area contributed by atoms with Crippen molar-refractivity contribution in [2.45, 2.75) is 30.2 Å². The van der Waals surface area contributed by atoms with E-state index in [1.54, 1.807) is 23.4 Å². The summed E-state index contributed by atoms with van der Waals surface area (Å²) in [5.74, 6) is -0.193. The van der Waals surface area contributed by atoms with E-state index in [9.17, 15) is 13.2 Å². The highest BCUT2D eigenvalue weighted by atomic mass is 32.2. The van der Waals surface area contributed by atoms with E-state index in [0.29, 0.717) is 18.0 Å². The van der Waals surface area contributed by atoms with Crippen molar-refractivity contribution >= 4 is 27.3 Å². The number of nitrogens with zero attached hydrogens (tertiary/aromatic N) is 2. The van der Waals surface area contributed by atoms with Crippen LogP contribution in [-0.2, 0) is 10.0 Å². The van der Waals surface area contributed by atoms with Crippen LogP contribution in [-0.4, -0.2) is 62.8 Å². The molecule has 0 bridgehead atoms. The quantitative estimate of drug-likeness (QED) is 0.884. The average molecular weight is 343 g/mol. The molecule has 0 spiro atoms. The van der Waals surface area contributed by atoms with Crippen LogP contribution in [0.4, 0.5) is 0 Å². The SMILES string of the molecule is CN(C(=O)c1sccc1S(=O)(=O)N1CCCC1)C1CCNC1. The average Bonchev–Trinajstić information content (AvgIpc) is 3.27. The van der Waals surface area contributed by atoms with Gasteiger partial charge >= 0.3 is 0 Å². The van der Waals surface area contributed by atoms with Crippen molar-refractivity contribution in [3.05, 3.63) is 16.3 Å². The Hall–Kier alpha value is -0.960. The third-order valence-electron chi connectivity index (χ3n) is 4.41. The number of likely N-dealkylation sites (N-methyl/N-ethyl adjacent to an activating group) is 1. The minimum absolute atomic E-state index is 0.136. The summed E-state index contributed by atoms with van der Waals surface area (Å²) < 4.78 is 26.9. The molecule has 22 heavy (non-hydrogen) atoms. The lowest BCUT2D eigenvalue weighted by Gasteiger charge is -2.24. The first-order chi connectivity index (χ1) is 10.5. The van der Waals surface area contributed by atoms with Gasteiger partial charge in [-0.05, 0) is 37.3 Å². The number of amides is 1. The van der Waals surface area contributed by atoms with E-state index in [1.165, 1.54) is 15.6 Å². The van der Waals surface area contributed by atoms with E-state index in [4.69, 9.17) is 0 Å². The first-order valence-corrected chi connectivity index (χ1v) is 9.89. The second kappa shape index (κ2) is 6.27. The van der Waals surface area contributed by atoms with Gasteiger partial charge in [-0.2, -0.15) is 4.31 Å². The van der Waals surface area contributed by atoms with Crippen molar-refractivity contribution in [1.29, 1.82) is 0 Å². The zero-order valence-corrected chi connectivity index (χ0v) is 14.3. The molecule has 0 radical (unpaired) electrons. The normalized spacial score (nSPS) is 23.0. The van der Waals surface area contributed by atoms with Crippen LogP contribution in [0.15, 0.2) is 16.3 Å². The standard InChI is InChI=1S/C14H21N3O3S2/c1-16(11-4-6-15-10-11)14(18)13-12(5-9-21-13)22(19,20)17-7-2-3-8-17/h5,9,11,15H,2-4,6-8,10H2,1H3. The van der Waals surface area contributed by atoms with E-state index in [0.717, 1.165) is 32.4 Å². The van der Waals surface area contributed by atoms with E-state index in [2.05, 4.69) is 5.32 Å². The van der Waals surface area contributed by atoms with E-state index in [-0.39, 0.29) is 16.8 Å². The lowest BCUT2D eigenvalue weighted by molar-refractivity contribution is 0.0745. The summed E-state index contributed by atoms with van der Waals surface area (Å²) >= 11 is 1.21. The maximum Gasteiger partial charge on any atom is 0.265 e. The topological polar surface area (TPSA) is 69.7 Å². The van der Waals surface area contributed by atoms with Crippen LogP contribution in [0.1, 0.15) is 28.9 Å². The van der Waals surface area contributed by atoms with Gasteiger partial charge in [0.15, 0.2) is 0 Å². The molecule has 2 aliphatic rings. The number of rotatable bonds is 4. The number of hydrogen-bond acceptors (Lipinski definition) is 5. The predicted octanol–water partition coefficient (Wildman–Crippen LogP) is 0.966. The third-order valence-corrected chi connectivity index (χ3v) is 7.38. The van der Waals surface area contributed by atoms with Gasteiger partial charge in [0.1, 0.15) is 9.77 Å². The highest BCUT2D eigenvalue weighted by Gasteiger charge is 2.34. The largest absolute Gasteiger partial charge is 0.337 e. The summed E-state index contributed by atoms with van der Waals surface area (Å²) in [7, 11) is -1.79. The molecule has 6 nitrogen and oxygen atoms in total. The molecule has 1 atom stereocenters. The van der Waals surface area contributed by atoms with Gasteiger partial charge < -0.3 is 10.2 Å². The lowest BCUT2D eigenvalue weighted by atomic mass is 10.2. The maximum absolute atomic E-state index is 12.7. The fraction of sp³-hybridized carbons (Fsp3) is 0.643. The fourth-order valence-corrected chi connectivity index (χ4v) is 5.91. The van der Waals surface area contributed by atoms with Crippen molar-refractivity contribution in [1.82, 2.24) is 14.5 Å². The molecule has 2 fully saturated rings. The molecule has 1 amide bonds. The Balaban J connectivity index is 1.86. The van der Waals surface area contributed by atoms with Crippen LogP contribution in [0.3, 0.4) is 0 Å². The Morgan fingerprint density at radius 2 is 2.14 bits per heavy atom. The van der Waals surface area contributed by atoms with Gasteiger partial charge in [-0.25, -0.2) is 8.42 Å². The Labute approximate surface area is 135 Å². The van der Waals surface area contributed by atoms with Gasteiger partial charge in [0.2, 0.25) is 10.0 Å². The van der Waals surface area contributed by atoms with Crippen LogP contribution in [0.5, 0.6) is 0 Å². The van der Waals surface area contributed by atoms with Crippen LogP contribution < -0.4 is 5.32 Å². The smallest absolute Gasteiger partial charge is 0.265 e. The molecule has 8 heteroatoms. The van der Waals surface area contributed by atoms with Crippen LogP contribution >= 0.6 is 11.3 Å². The van der Waals surface area contributed by atoms with E-state index < -0.39 is 10.0 Å². The molecule has 3 rings (SSSR count). The Morgan fingerprint density at radius 1 is 1.41 bits per heavy atom. The van der Waals surface area contributed by atoms with Gasteiger partial charge in [0, 0.05) is 32.7 Å². The van der Waals surface area contributed by atoms with Gasteiger partial charge in [0.05, 0.1) is 0 Å². The lowest BCUT2D eigenvalue weighted by Crippen LogP contribution is -2.39. The van der Waals surface area contributed by atoms with Crippen LogP contribution in [0, 0.1) is 0 Å². The molecular weight excluding hydrogens is 322 g/mol. The molecule has 3 heterocycles. The molecule has 0 aromatic carbocycles. The summed E-state index contributed by atoms with van der Waals surface area (Å²) in [6.45, 7) is 2.76. The summed E-state index contributed by atoms with van der Waals surface area (Å²) in [6, 6.07) is 1.70. The Kier molecular flexibility index (Phi) is 4.54. The van der Waals surface area contributed by atoms with Crippen LogP contribution in [0.2, 0.25) is 0 Å². The summed E-state index contributed by atoms with van der Waals surface area (Å²) in [4.78, 5) is 14.9. The van der Waals surface area contributed by atoms with Crippen molar-refractivity contribution < 1.29 is 13.2 Å². The number of sulfonamides is 1. The van der Waals surface area contributed by atoms with E-state index in [1.807, 2.05) is 0 Å². The number of thiophene rings is 1. The molecule has 1 aromatic rings. The first kappa shape index (κ1) is 15.9. The molecule has 1 N–H and O–H groups in total. The maximum atomic E-state index is 12.7. The highest BCUT2D eigenvalue weighted by molar-refractivity contribution is 7.89. The van der Waals surface area contributed by atoms with Gasteiger partial charge in [-0.3, -0.25) is 4.79 Å². The number of nitrogens with one attached hydrogen (secondary N) is 1. The van der Waals surface area contributed by atoms with Gasteiger partial charge in [0.25, 0.3) is 5.91 Å². The summed E-state index contributed by atoms with van der Waals surface area (Å²) in [6.07, 6.45) is 2.68. The minimum atomic E-state index is -3.55. The van der Waals surface area contributed by atoms with Gasteiger partial charge in [-0.15, -0.1) is 11.3 Å². The molecule has 1 aromatic heterocycles. The van der Waals surface area contributed by atoms with Gasteiger partial charge in [-0.1, -0.05) is 0 Å². The Morgan fingerprint density at radius 3 is 2.77 bits per heavy atom. The molecule has 2 aliphatic heterocycles. The molecule has 122 valence electrons. The molecule has 2 saturated heterocycles. The Bertz CT molecular complexity index is 644. The monoisotopic (exact) mass is 343 g/mol. The number of carbonyl (C=O) groups is 1. The fourth-order valence-electron chi connectivity index (χ4n) is 3.02. The van der Waals surface area contributed by atoms with Crippen molar-refractivity contribution in [2.24, 2.45) is 0 Å². The van der Waals surface area contributed by atoms with Crippen molar-refractivity contribution in [2.75, 3.05) is 33.2 Å².